The second kappa shape index (κ2) is 13.2. The zero-order valence-corrected chi connectivity index (χ0v) is 25.1. The maximum Gasteiger partial charge on any atom is 1.00 e. The number of para-hydroxylation sites is 1. The molecule has 0 unspecified atom stereocenters. The molecule has 3 aromatic carbocycles. The Kier molecular flexibility index (Phi) is 10.4. The zero-order chi connectivity index (χ0) is 24.8. The number of benzene rings is 3. The number of fused-ring (bicyclic) bond motifs is 3. The molecule has 1 heterocycles. The Bertz CT molecular complexity index is 1470. The molecule has 0 saturated carbocycles. The fourth-order valence-electron chi connectivity index (χ4n) is 4.72. The van der Waals surface area contributed by atoms with Crippen LogP contribution >= 0.6 is 0 Å². The standard InChI is InChI=1S/C31H27N2.C2H6.K/c1-4-12-22(5-2)27-21-23(19-20-30(27)33(3)24-13-7-6-8-14-24)25-16-11-18-29-31(25)26-15-9-10-17-28(26)32-29;1-2;/h4-7,9-13,15-21H,1-2,8,14H2,3H3;1-2H3;/q-1;;+1/b22-12+;;. The molecule has 2 nitrogen and oxygen atoms in total. The van der Waals surface area contributed by atoms with Crippen LogP contribution in [0.1, 0.15) is 32.3 Å². The molecule has 1 aliphatic carbocycles. The van der Waals surface area contributed by atoms with Gasteiger partial charge in [0.1, 0.15) is 0 Å². The molecule has 1 aliphatic rings. The Hall–Kier alpha value is -2.40. The van der Waals surface area contributed by atoms with Crippen molar-refractivity contribution in [3.8, 4) is 11.1 Å². The first kappa shape index (κ1) is 28.2. The van der Waals surface area contributed by atoms with Gasteiger partial charge >= 0.3 is 51.4 Å². The van der Waals surface area contributed by atoms with E-state index in [1.165, 1.54) is 27.6 Å². The maximum atomic E-state index is 4.85. The Morgan fingerprint density at radius 2 is 1.75 bits per heavy atom. The van der Waals surface area contributed by atoms with Crippen LogP contribution in [-0.2, 0) is 0 Å². The summed E-state index contributed by atoms with van der Waals surface area (Å²) in [6, 6.07) is 21.5. The summed E-state index contributed by atoms with van der Waals surface area (Å²) in [7, 11) is 2.15. The van der Waals surface area contributed by atoms with E-state index in [9.17, 15) is 0 Å². The van der Waals surface area contributed by atoms with E-state index in [1.54, 1.807) is 0 Å². The van der Waals surface area contributed by atoms with Gasteiger partial charge in [-0.05, 0) is 58.5 Å². The van der Waals surface area contributed by atoms with Gasteiger partial charge in [-0.25, -0.2) is 0 Å². The molecule has 3 heteroatoms. The molecule has 0 aliphatic heterocycles. The van der Waals surface area contributed by atoms with Crippen molar-refractivity contribution in [1.82, 2.24) is 4.98 Å². The van der Waals surface area contributed by atoms with E-state index in [0.717, 1.165) is 40.7 Å². The first-order valence-corrected chi connectivity index (χ1v) is 12.3. The van der Waals surface area contributed by atoms with Crippen LogP contribution in [0.15, 0.2) is 116 Å². The van der Waals surface area contributed by atoms with Crippen LogP contribution in [0.4, 0.5) is 5.69 Å². The van der Waals surface area contributed by atoms with Gasteiger partial charge in [-0.2, -0.15) is 0 Å². The van der Waals surface area contributed by atoms with Crippen molar-refractivity contribution in [3.63, 3.8) is 0 Å². The van der Waals surface area contributed by atoms with Crippen LogP contribution in [0.5, 0.6) is 0 Å². The monoisotopic (exact) mass is 496 g/mol. The Balaban J connectivity index is 0.00000117. The van der Waals surface area contributed by atoms with Gasteiger partial charge in [-0.3, -0.25) is 0 Å². The fourth-order valence-corrected chi connectivity index (χ4v) is 4.72. The van der Waals surface area contributed by atoms with Crippen LogP contribution in [-0.4, -0.2) is 7.05 Å². The predicted octanol–water partition coefficient (Wildman–Crippen LogP) is 6.07. The van der Waals surface area contributed by atoms with Gasteiger partial charge in [-0.1, -0.05) is 106 Å². The topological polar surface area (TPSA) is 17.3 Å². The van der Waals surface area contributed by atoms with E-state index in [-0.39, 0.29) is 51.4 Å². The van der Waals surface area contributed by atoms with Crippen molar-refractivity contribution in [2.45, 2.75) is 26.7 Å². The molecule has 5 rings (SSSR count). The number of aromatic nitrogens is 1. The van der Waals surface area contributed by atoms with Crippen LogP contribution < -0.4 is 61.3 Å². The van der Waals surface area contributed by atoms with E-state index in [1.807, 2.05) is 38.1 Å². The number of rotatable bonds is 6. The zero-order valence-electron chi connectivity index (χ0n) is 22.0. The third kappa shape index (κ3) is 5.61. The second-order valence-electron chi connectivity index (χ2n) is 8.31. The summed E-state index contributed by atoms with van der Waals surface area (Å²) in [5.41, 5.74) is 9.08. The fraction of sp³-hybridized carbons (Fsp3) is 0.152. The summed E-state index contributed by atoms with van der Waals surface area (Å²) in [5, 5.41) is 2.39. The number of nitrogens with zero attached hydrogens (tertiary/aromatic N) is 2. The predicted molar refractivity (Wildman–Crippen MR) is 155 cm³/mol. The molecular formula is C33H33KN2. The summed E-state index contributed by atoms with van der Waals surface area (Å²) < 4.78 is 0. The molecule has 0 atom stereocenters. The van der Waals surface area contributed by atoms with Crippen molar-refractivity contribution in [2.24, 2.45) is 0 Å². The molecule has 1 aromatic heterocycles. The average molecular weight is 497 g/mol. The van der Waals surface area contributed by atoms with Gasteiger partial charge in [0.25, 0.3) is 0 Å². The number of hydrogen-bond acceptors (Lipinski definition) is 1. The maximum absolute atomic E-state index is 4.85. The smallest absolute Gasteiger partial charge is 0.657 e. The van der Waals surface area contributed by atoms with Gasteiger partial charge < -0.3 is 9.88 Å². The molecule has 4 aromatic rings. The van der Waals surface area contributed by atoms with Crippen molar-refractivity contribution in [1.29, 1.82) is 0 Å². The van der Waals surface area contributed by atoms with E-state index in [2.05, 4.69) is 97.9 Å². The quantitative estimate of drug-likeness (QED) is 0.238. The Labute approximate surface area is 258 Å². The molecule has 0 N–H and O–H groups in total. The molecule has 0 bridgehead atoms. The molecule has 0 fully saturated rings. The van der Waals surface area contributed by atoms with Crippen LogP contribution in [0.25, 0.3) is 38.5 Å². The molecule has 0 radical (unpaired) electrons. The minimum Gasteiger partial charge on any atom is -0.657 e. The van der Waals surface area contributed by atoms with Gasteiger partial charge in [0, 0.05) is 24.0 Å². The van der Waals surface area contributed by atoms with Crippen molar-refractivity contribution < 1.29 is 51.4 Å². The first-order chi connectivity index (χ1) is 17.2. The van der Waals surface area contributed by atoms with E-state index >= 15 is 0 Å². The van der Waals surface area contributed by atoms with Gasteiger partial charge in [0.15, 0.2) is 0 Å². The summed E-state index contributed by atoms with van der Waals surface area (Å²) in [4.78, 5) is 7.14. The summed E-state index contributed by atoms with van der Waals surface area (Å²) in [6.07, 6.45) is 14.4. The van der Waals surface area contributed by atoms with E-state index < -0.39 is 0 Å². The normalized spacial score (nSPS) is 12.9. The number of anilines is 1. The van der Waals surface area contributed by atoms with Gasteiger partial charge in [-0.15, -0.1) is 11.0 Å². The summed E-state index contributed by atoms with van der Waals surface area (Å²) in [5.74, 6) is 0. The molecule has 0 saturated heterocycles. The van der Waals surface area contributed by atoms with Crippen molar-refractivity contribution >= 4 is 33.1 Å². The largest absolute Gasteiger partial charge is 1.00 e. The van der Waals surface area contributed by atoms with E-state index in [0.29, 0.717) is 0 Å². The third-order valence-corrected chi connectivity index (χ3v) is 6.38. The molecule has 0 amide bonds. The minimum atomic E-state index is 0. The van der Waals surface area contributed by atoms with Crippen LogP contribution in [0, 0.1) is 0 Å². The van der Waals surface area contributed by atoms with Crippen molar-refractivity contribution in [3.05, 3.63) is 122 Å². The van der Waals surface area contributed by atoms with Crippen LogP contribution in [0.3, 0.4) is 0 Å². The van der Waals surface area contributed by atoms with Crippen LogP contribution in [0.2, 0.25) is 0 Å². The number of hydrogen-bond donors (Lipinski definition) is 0. The molecule has 36 heavy (non-hydrogen) atoms. The molecule has 0 spiro atoms. The summed E-state index contributed by atoms with van der Waals surface area (Å²) >= 11 is 0. The summed E-state index contributed by atoms with van der Waals surface area (Å²) in [6.45, 7) is 12.0. The van der Waals surface area contributed by atoms with Crippen molar-refractivity contribution in [2.75, 3.05) is 11.9 Å². The minimum absolute atomic E-state index is 0. The third-order valence-electron chi connectivity index (χ3n) is 6.38. The second-order valence-corrected chi connectivity index (χ2v) is 8.31. The SMILES string of the molecule is C=C/C=C(\C=C)c1cc(-c2cccc3[n-]c4ccccc4c23)ccc1N(C)C1=CC=CCC1.CC.[K+]. The first-order valence-electron chi connectivity index (χ1n) is 12.3. The molecule has 176 valence electrons. The van der Waals surface area contributed by atoms with Gasteiger partial charge in [0.2, 0.25) is 0 Å². The number of allylic oxidation sites excluding steroid dienone is 8. The Morgan fingerprint density at radius 3 is 2.47 bits per heavy atom. The Morgan fingerprint density at radius 1 is 0.972 bits per heavy atom. The van der Waals surface area contributed by atoms with E-state index in [4.69, 9.17) is 4.98 Å². The van der Waals surface area contributed by atoms with Gasteiger partial charge in [0.05, 0.1) is 0 Å². The average Bonchev–Trinajstić information content (AvgIpc) is 3.31. The molecular weight excluding hydrogens is 463 g/mol.